The lowest BCUT2D eigenvalue weighted by Crippen LogP contribution is -3.07. The maximum atomic E-state index is 12.5. The molecule has 0 aromatic heterocycles. The topological polar surface area (TPSA) is 88.9 Å². The maximum absolute atomic E-state index is 12.5. The van der Waals surface area contributed by atoms with Crippen LogP contribution in [0.15, 0.2) is 23.1 Å². The number of nitrogens with one attached hydrogen (secondary N) is 3. The first-order chi connectivity index (χ1) is 11.0. The van der Waals surface area contributed by atoms with Crippen LogP contribution in [0.3, 0.4) is 0 Å². The lowest BCUT2D eigenvalue weighted by molar-refractivity contribution is -0.865. The predicted octanol–water partition coefficient (Wildman–Crippen LogP) is 0.103. The summed E-state index contributed by atoms with van der Waals surface area (Å²) >= 11 is 0. The number of rotatable bonds is 8. The molecule has 8 heteroatoms. The summed E-state index contributed by atoms with van der Waals surface area (Å²) in [5.74, 6) is 0.0417. The fourth-order valence-corrected chi connectivity index (χ4v) is 3.78. The molecule has 0 radical (unpaired) electrons. The Bertz CT molecular complexity index is 685. The molecule has 0 bridgehead atoms. The lowest BCUT2D eigenvalue weighted by Gasteiger charge is -2.26. The molecule has 0 atom stereocenters. The van der Waals surface area contributed by atoms with Crippen LogP contribution in [-0.4, -0.2) is 48.6 Å². The van der Waals surface area contributed by atoms with Gasteiger partial charge >= 0.3 is 0 Å². The Kier molecular flexibility index (Phi) is 6.76. The lowest BCUT2D eigenvalue weighted by atomic mass is 9.93. The van der Waals surface area contributed by atoms with E-state index in [9.17, 15) is 13.2 Å². The van der Waals surface area contributed by atoms with Crippen LogP contribution in [-0.2, 0) is 14.8 Å². The van der Waals surface area contributed by atoms with Crippen molar-refractivity contribution in [1.82, 2.24) is 4.72 Å². The number of carbonyl (C=O) groups is 1. The van der Waals surface area contributed by atoms with Crippen molar-refractivity contribution in [3.63, 3.8) is 0 Å². The number of anilines is 1. The molecule has 1 aromatic carbocycles. The van der Waals surface area contributed by atoms with E-state index in [4.69, 9.17) is 4.74 Å². The Balaban J connectivity index is 2.96. The molecule has 0 spiro atoms. The average molecular weight is 358 g/mol. The summed E-state index contributed by atoms with van der Waals surface area (Å²) in [7, 11) is 1.82. The maximum Gasteiger partial charge on any atom is 0.240 e. The smallest absolute Gasteiger partial charge is 0.240 e. The largest absolute Gasteiger partial charge is 0.495 e. The molecule has 1 amide bonds. The monoisotopic (exact) mass is 358 g/mol. The molecule has 24 heavy (non-hydrogen) atoms. The van der Waals surface area contributed by atoms with Crippen molar-refractivity contribution >= 4 is 21.6 Å². The molecule has 3 N–H and O–H groups in total. The van der Waals surface area contributed by atoms with Gasteiger partial charge < -0.3 is 15.0 Å². The summed E-state index contributed by atoms with van der Waals surface area (Å²) in [5.41, 5.74) is 0.257. The summed E-state index contributed by atoms with van der Waals surface area (Å²) in [4.78, 5) is 12.5. The van der Waals surface area contributed by atoms with E-state index in [2.05, 4.69) is 10.0 Å². The van der Waals surface area contributed by atoms with Gasteiger partial charge in [0.2, 0.25) is 15.9 Å². The van der Waals surface area contributed by atoms with Crippen LogP contribution in [0.1, 0.15) is 20.8 Å². The Morgan fingerprint density at radius 3 is 2.42 bits per heavy atom. The fraction of sp³-hybridized carbons (Fsp3) is 0.562. The molecule has 0 aliphatic carbocycles. The zero-order valence-corrected chi connectivity index (χ0v) is 16.0. The van der Waals surface area contributed by atoms with Crippen molar-refractivity contribution < 1.29 is 22.8 Å². The minimum absolute atomic E-state index is 0.0986. The van der Waals surface area contributed by atoms with E-state index in [1.165, 1.54) is 37.1 Å². The van der Waals surface area contributed by atoms with Gasteiger partial charge in [0, 0.05) is 24.9 Å². The van der Waals surface area contributed by atoms with E-state index < -0.39 is 10.0 Å². The van der Waals surface area contributed by atoms with E-state index in [0.29, 0.717) is 18.0 Å². The first-order valence-corrected chi connectivity index (χ1v) is 9.19. The van der Waals surface area contributed by atoms with Gasteiger partial charge in [-0.1, -0.05) is 13.8 Å². The predicted molar refractivity (Wildman–Crippen MR) is 93.9 cm³/mol. The SMILES string of the molecule is COc1cc(S(=O)(=O)NCC(C)(C)C[NH+](C)C)ccc1NC(C)=O. The molecular formula is C16H28N3O4S+. The summed E-state index contributed by atoms with van der Waals surface area (Å²) in [6.07, 6.45) is 0. The van der Waals surface area contributed by atoms with Gasteiger partial charge in [0.05, 0.1) is 38.3 Å². The second-order valence-electron chi connectivity index (χ2n) is 6.92. The number of quaternary nitrogens is 1. The van der Waals surface area contributed by atoms with E-state index in [0.717, 1.165) is 6.54 Å². The van der Waals surface area contributed by atoms with E-state index >= 15 is 0 Å². The molecule has 7 nitrogen and oxygen atoms in total. The molecule has 1 aromatic rings. The van der Waals surface area contributed by atoms with Crippen LogP contribution >= 0.6 is 0 Å². The van der Waals surface area contributed by atoms with Crippen molar-refractivity contribution in [3.8, 4) is 5.75 Å². The first-order valence-electron chi connectivity index (χ1n) is 7.71. The molecule has 0 saturated heterocycles. The second kappa shape index (κ2) is 7.96. The summed E-state index contributed by atoms with van der Waals surface area (Å²) in [5, 5.41) is 2.60. The van der Waals surface area contributed by atoms with E-state index in [1.807, 2.05) is 27.9 Å². The number of hydrogen-bond acceptors (Lipinski definition) is 4. The molecule has 136 valence electrons. The quantitative estimate of drug-likeness (QED) is 0.615. The highest BCUT2D eigenvalue weighted by atomic mass is 32.2. The van der Waals surface area contributed by atoms with Crippen LogP contribution in [0.5, 0.6) is 5.75 Å². The van der Waals surface area contributed by atoms with Crippen LogP contribution in [0.4, 0.5) is 5.69 Å². The average Bonchev–Trinajstić information content (AvgIpc) is 2.44. The normalized spacial score (nSPS) is 12.3. The first kappa shape index (κ1) is 20.4. The highest BCUT2D eigenvalue weighted by molar-refractivity contribution is 7.89. The molecule has 0 unspecified atom stereocenters. The van der Waals surface area contributed by atoms with E-state index in [1.54, 1.807) is 0 Å². The van der Waals surface area contributed by atoms with Crippen LogP contribution in [0.25, 0.3) is 0 Å². The fourth-order valence-electron chi connectivity index (χ4n) is 2.52. The van der Waals surface area contributed by atoms with Gasteiger partial charge in [0.15, 0.2) is 0 Å². The van der Waals surface area contributed by atoms with Gasteiger partial charge in [-0.25, -0.2) is 13.1 Å². The third kappa shape index (κ3) is 6.10. The number of carbonyl (C=O) groups excluding carboxylic acids is 1. The van der Waals surface area contributed by atoms with Crippen LogP contribution in [0.2, 0.25) is 0 Å². The van der Waals surface area contributed by atoms with Crippen molar-refractivity contribution in [2.24, 2.45) is 5.41 Å². The highest BCUT2D eigenvalue weighted by Gasteiger charge is 2.25. The molecular weight excluding hydrogens is 330 g/mol. The molecule has 0 heterocycles. The number of benzene rings is 1. The number of sulfonamides is 1. The van der Waals surface area contributed by atoms with Gasteiger partial charge in [-0.2, -0.15) is 0 Å². The molecule has 0 aliphatic heterocycles. The molecule has 0 aliphatic rings. The van der Waals surface area contributed by atoms with Crippen molar-refractivity contribution in [2.45, 2.75) is 25.7 Å². The van der Waals surface area contributed by atoms with Crippen molar-refractivity contribution in [2.75, 3.05) is 39.6 Å². The van der Waals surface area contributed by atoms with Gasteiger partial charge in [-0.05, 0) is 12.1 Å². The van der Waals surface area contributed by atoms with Crippen LogP contribution in [0, 0.1) is 5.41 Å². The number of hydrogen-bond donors (Lipinski definition) is 3. The highest BCUT2D eigenvalue weighted by Crippen LogP contribution is 2.27. The Labute approximate surface area is 144 Å². The third-order valence-corrected chi connectivity index (χ3v) is 4.77. The molecule has 0 saturated carbocycles. The van der Waals surface area contributed by atoms with Crippen molar-refractivity contribution in [1.29, 1.82) is 0 Å². The minimum atomic E-state index is -3.66. The number of amides is 1. The van der Waals surface area contributed by atoms with Gasteiger partial charge in [-0.3, -0.25) is 4.79 Å². The zero-order chi connectivity index (χ0) is 18.5. The van der Waals surface area contributed by atoms with Crippen molar-refractivity contribution in [3.05, 3.63) is 18.2 Å². The molecule has 0 fully saturated rings. The van der Waals surface area contributed by atoms with Crippen LogP contribution < -0.4 is 19.7 Å². The summed E-state index contributed by atoms with van der Waals surface area (Å²) in [6.45, 7) is 6.57. The van der Waals surface area contributed by atoms with E-state index in [-0.39, 0.29) is 16.2 Å². The number of ether oxygens (including phenoxy) is 1. The third-order valence-electron chi connectivity index (χ3n) is 3.37. The summed E-state index contributed by atoms with van der Waals surface area (Å²) in [6, 6.07) is 4.36. The van der Waals surface area contributed by atoms with Gasteiger partial charge in [-0.15, -0.1) is 0 Å². The van der Waals surface area contributed by atoms with Gasteiger partial charge in [0.1, 0.15) is 5.75 Å². The zero-order valence-electron chi connectivity index (χ0n) is 15.2. The summed E-state index contributed by atoms with van der Waals surface area (Å²) < 4.78 is 32.8. The Morgan fingerprint density at radius 2 is 1.92 bits per heavy atom. The molecule has 1 rings (SSSR count). The standard InChI is InChI=1S/C16H27N3O4S/c1-12(20)18-14-8-7-13(9-15(14)23-6)24(21,22)17-10-16(2,3)11-19(4)5/h7-9,17H,10-11H2,1-6H3,(H,18,20)/p+1. The second-order valence-corrected chi connectivity index (χ2v) is 8.68. The Morgan fingerprint density at radius 1 is 1.29 bits per heavy atom. The number of methoxy groups -OCH3 is 1. The Hall–Kier alpha value is -1.64. The van der Waals surface area contributed by atoms with Gasteiger partial charge in [0.25, 0.3) is 0 Å². The minimum Gasteiger partial charge on any atom is -0.495 e.